The van der Waals surface area contributed by atoms with E-state index in [-0.39, 0.29) is 18.9 Å². The van der Waals surface area contributed by atoms with Crippen LogP contribution in [0.2, 0.25) is 5.02 Å². The van der Waals surface area contributed by atoms with Crippen LogP contribution in [0.1, 0.15) is 12.0 Å². The minimum absolute atomic E-state index is 0.146. The van der Waals surface area contributed by atoms with E-state index in [4.69, 9.17) is 11.6 Å². The van der Waals surface area contributed by atoms with Gasteiger partial charge in [-0.3, -0.25) is 4.79 Å². The van der Waals surface area contributed by atoms with Crippen molar-refractivity contribution in [2.24, 2.45) is 0 Å². The normalized spacial score (nSPS) is 9.89. The third-order valence-corrected chi connectivity index (χ3v) is 3.39. The van der Waals surface area contributed by atoms with E-state index in [9.17, 15) is 9.59 Å². The zero-order chi connectivity index (χ0) is 14.4. The minimum Gasteiger partial charge on any atom is -0.453 e. The van der Waals surface area contributed by atoms with Gasteiger partial charge in [-0.15, -0.1) is 0 Å². The van der Waals surface area contributed by atoms with Gasteiger partial charge in [0, 0.05) is 22.5 Å². The number of rotatable bonds is 4. The Morgan fingerprint density at radius 2 is 2.11 bits per heavy atom. The maximum Gasteiger partial charge on any atom is 0.406 e. The maximum atomic E-state index is 11.7. The Labute approximate surface area is 124 Å². The predicted octanol–water partition coefficient (Wildman–Crippen LogP) is 3.10. The van der Waals surface area contributed by atoms with Gasteiger partial charge in [0.2, 0.25) is 5.91 Å². The lowest BCUT2D eigenvalue weighted by atomic mass is 10.2. The van der Waals surface area contributed by atoms with Crippen LogP contribution in [0.5, 0.6) is 0 Å². The smallest absolute Gasteiger partial charge is 0.406 e. The van der Waals surface area contributed by atoms with Crippen molar-refractivity contribution in [1.29, 1.82) is 0 Å². The quantitative estimate of drug-likeness (QED) is 0.878. The molecular formula is C12H14BrClN2O3. The van der Waals surface area contributed by atoms with Gasteiger partial charge in [-0.2, -0.15) is 0 Å². The van der Waals surface area contributed by atoms with Crippen molar-refractivity contribution >= 4 is 45.2 Å². The number of carbonyl (C=O) groups excluding carboxylic acids is 2. The molecule has 0 spiro atoms. The summed E-state index contributed by atoms with van der Waals surface area (Å²) in [6, 6.07) is 3.50. The topological polar surface area (TPSA) is 67.4 Å². The zero-order valence-corrected chi connectivity index (χ0v) is 12.9. The highest BCUT2D eigenvalue weighted by molar-refractivity contribution is 9.10. The lowest BCUT2D eigenvalue weighted by Crippen LogP contribution is -2.27. The second-order valence-corrected chi connectivity index (χ2v) is 5.06. The Kier molecular flexibility index (Phi) is 6.11. The Morgan fingerprint density at radius 1 is 1.42 bits per heavy atom. The molecule has 1 aromatic carbocycles. The van der Waals surface area contributed by atoms with Crippen molar-refractivity contribution < 1.29 is 14.3 Å². The third kappa shape index (κ3) is 5.08. The summed E-state index contributed by atoms with van der Waals surface area (Å²) >= 11 is 9.34. The van der Waals surface area contributed by atoms with Crippen LogP contribution >= 0.6 is 27.5 Å². The number of amides is 2. The summed E-state index contributed by atoms with van der Waals surface area (Å²) in [5.74, 6) is -0.225. The average Bonchev–Trinajstić information content (AvgIpc) is 2.35. The van der Waals surface area contributed by atoms with Gasteiger partial charge >= 0.3 is 6.09 Å². The van der Waals surface area contributed by atoms with Gasteiger partial charge in [-0.1, -0.05) is 11.6 Å². The van der Waals surface area contributed by atoms with Gasteiger partial charge in [0.05, 0.1) is 12.8 Å². The monoisotopic (exact) mass is 348 g/mol. The molecule has 0 fully saturated rings. The fourth-order valence-corrected chi connectivity index (χ4v) is 2.03. The van der Waals surface area contributed by atoms with Crippen LogP contribution in [0.4, 0.5) is 10.5 Å². The molecular weight excluding hydrogens is 335 g/mol. The molecule has 0 aliphatic heterocycles. The molecule has 0 saturated carbocycles. The van der Waals surface area contributed by atoms with Gasteiger partial charge < -0.3 is 15.4 Å². The SMILES string of the molecule is COC(=O)NCCC(=O)Nc1cc(Cl)c(C)cc1Br. The van der Waals surface area contributed by atoms with E-state index in [0.717, 1.165) is 10.0 Å². The summed E-state index contributed by atoms with van der Waals surface area (Å²) in [5.41, 5.74) is 1.51. The first-order valence-electron chi connectivity index (χ1n) is 5.51. The van der Waals surface area contributed by atoms with Gasteiger partial charge in [0.1, 0.15) is 0 Å². The van der Waals surface area contributed by atoms with E-state index in [2.05, 4.69) is 31.3 Å². The number of halogens is 2. The van der Waals surface area contributed by atoms with Crippen molar-refractivity contribution in [3.63, 3.8) is 0 Å². The second kappa shape index (κ2) is 7.35. The van der Waals surface area contributed by atoms with Crippen molar-refractivity contribution in [2.75, 3.05) is 19.0 Å². The molecule has 2 N–H and O–H groups in total. The second-order valence-electron chi connectivity index (χ2n) is 3.80. The summed E-state index contributed by atoms with van der Waals surface area (Å²) in [7, 11) is 1.26. The molecule has 0 aromatic heterocycles. The van der Waals surface area contributed by atoms with E-state index < -0.39 is 6.09 Å². The number of carbonyl (C=O) groups is 2. The number of benzene rings is 1. The third-order valence-electron chi connectivity index (χ3n) is 2.33. The molecule has 0 aliphatic carbocycles. The molecule has 19 heavy (non-hydrogen) atoms. The van der Waals surface area contributed by atoms with Crippen LogP contribution in [-0.2, 0) is 9.53 Å². The van der Waals surface area contributed by atoms with Crippen LogP contribution < -0.4 is 10.6 Å². The van der Waals surface area contributed by atoms with Gasteiger partial charge in [0.15, 0.2) is 0 Å². The molecule has 5 nitrogen and oxygen atoms in total. The fraction of sp³-hybridized carbons (Fsp3) is 0.333. The summed E-state index contributed by atoms with van der Waals surface area (Å²) in [6.45, 7) is 2.08. The molecule has 1 rings (SSSR count). The van der Waals surface area contributed by atoms with Crippen LogP contribution in [-0.4, -0.2) is 25.7 Å². The molecule has 0 heterocycles. The highest BCUT2D eigenvalue weighted by Crippen LogP contribution is 2.29. The number of alkyl carbamates (subject to hydrolysis) is 1. The maximum absolute atomic E-state index is 11.7. The lowest BCUT2D eigenvalue weighted by Gasteiger charge is -2.09. The Morgan fingerprint density at radius 3 is 2.74 bits per heavy atom. The molecule has 0 aliphatic rings. The summed E-state index contributed by atoms with van der Waals surface area (Å²) < 4.78 is 5.15. The number of ether oxygens (including phenoxy) is 1. The number of anilines is 1. The molecule has 2 amide bonds. The first-order chi connectivity index (χ1) is 8.93. The van der Waals surface area contributed by atoms with Gasteiger partial charge in [-0.25, -0.2) is 4.79 Å². The average molecular weight is 350 g/mol. The molecule has 0 unspecified atom stereocenters. The van der Waals surface area contributed by atoms with Crippen molar-refractivity contribution in [1.82, 2.24) is 5.32 Å². The summed E-state index contributed by atoms with van der Waals surface area (Å²) in [6.07, 6.45) is -0.417. The predicted molar refractivity (Wildman–Crippen MR) is 77.5 cm³/mol. The number of aryl methyl sites for hydroxylation is 1. The summed E-state index contributed by atoms with van der Waals surface area (Å²) in [5, 5.41) is 5.71. The number of methoxy groups -OCH3 is 1. The summed E-state index contributed by atoms with van der Waals surface area (Å²) in [4.78, 5) is 22.5. The molecule has 1 aromatic rings. The first kappa shape index (κ1) is 15.8. The van der Waals surface area contributed by atoms with E-state index >= 15 is 0 Å². The molecule has 0 radical (unpaired) electrons. The van der Waals surface area contributed by atoms with E-state index in [1.165, 1.54) is 7.11 Å². The number of hydrogen-bond donors (Lipinski definition) is 2. The van der Waals surface area contributed by atoms with Crippen LogP contribution in [0.25, 0.3) is 0 Å². The largest absolute Gasteiger partial charge is 0.453 e. The molecule has 0 bridgehead atoms. The highest BCUT2D eigenvalue weighted by Gasteiger charge is 2.08. The highest BCUT2D eigenvalue weighted by atomic mass is 79.9. The van der Waals surface area contributed by atoms with Gasteiger partial charge in [0.25, 0.3) is 0 Å². The number of nitrogens with one attached hydrogen (secondary N) is 2. The molecule has 0 saturated heterocycles. The van der Waals surface area contributed by atoms with Crippen LogP contribution in [0.3, 0.4) is 0 Å². The standard InChI is InChI=1S/C12H14BrClN2O3/c1-7-5-8(13)10(6-9(7)14)16-11(17)3-4-15-12(18)19-2/h5-6H,3-4H2,1-2H3,(H,15,18)(H,16,17). The molecule has 7 heteroatoms. The Hall–Kier alpha value is -1.27. The fourth-order valence-electron chi connectivity index (χ4n) is 1.31. The molecule has 104 valence electrons. The Bertz CT molecular complexity index is 494. The van der Waals surface area contributed by atoms with Crippen molar-refractivity contribution in [3.05, 3.63) is 27.2 Å². The van der Waals surface area contributed by atoms with Gasteiger partial charge in [-0.05, 0) is 40.5 Å². The minimum atomic E-state index is -0.563. The van der Waals surface area contributed by atoms with Crippen LogP contribution in [0.15, 0.2) is 16.6 Å². The first-order valence-corrected chi connectivity index (χ1v) is 6.68. The van der Waals surface area contributed by atoms with E-state index in [1.54, 1.807) is 6.07 Å². The van der Waals surface area contributed by atoms with E-state index in [0.29, 0.717) is 10.7 Å². The number of hydrogen-bond acceptors (Lipinski definition) is 3. The zero-order valence-electron chi connectivity index (χ0n) is 10.5. The van der Waals surface area contributed by atoms with E-state index in [1.807, 2.05) is 13.0 Å². The Balaban J connectivity index is 2.53. The lowest BCUT2D eigenvalue weighted by molar-refractivity contribution is -0.116. The van der Waals surface area contributed by atoms with Crippen molar-refractivity contribution in [3.8, 4) is 0 Å². The molecule has 0 atom stereocenters. The van der Waals surface area contributed by atoms with Crippen LogP contribution in [0, 0.1) is 6.92 Å². The van der Waals surface area contributed by atoms with Crippen molar-refractivity contribution in [2.45, 2.75) is 13.3 Å².